The number of hydrogen-bond donors (Lipinski definition) is 0. The molecule has 1 atom stereocenters. The van der Waals surface area contributed by atoms with Gasteiger partial charge in [0.1, 0.15) is 0 Å². The van der Waals surface area contributed by atoms with Crippen molar-refractivity contribution in [1.29, 1.82) is 0 Å². The number of fused-ring (bicyclic) bond motifs is 1. The second kappa shape index (κ2) is 5.30. The van der Waals surface area contributed by atoms with Crippen molar-refractivity contribution < 1.29 is 0 Å². The van der Waals surface area contributed by atoms with Crippen LogP contribution in [-0.2, 0) is 12.8 Å². The fourth-order valence-corrected chi connectivity index (χ4v) is 4.32. The Morgan fingerprint density at radius 3 is 2.58 bits per heavy atom. The third-order valence-electron chi connectivity index (χ3n) is 4.09. The van der Waals surface area contributed by atoms with Crippen LogP contribution in [0.3, 0.4) is 0 Å². The first-order chi connectivity index (χ1) is 9.15. The zero-order chi connectivity index (χ0) is 13.4. The summed E-state index contributed by atoms with van der Waals surface area (Å²) in [6.45, 7) is 4.30. The molecule has 1 aromatic carbocycles. The van der Waals surface area contributed by atoms with E-state index in [1.54, 1.807) is 10.4 Å². The monoisotopic (exact) mass is 290 g/mol. The molecule has 0 saturated carbocycles. The predicted octanol–water partition coefficient (Wildman–Crippen LogP) is 5.57. The molecule has 0 fully saturated rings. The van der Waals surface area contributed by atoms with E-state index in [1.807, 2.05) is 11.3 Å². The van der Waals surface area contributed by atoms with Crippen molar-refractivity contribution in [2.24, 2.45) is 0 Å². The molecule has 1 aromatic heterocycles. The smallest absolute Gasteiger partial charge is 0.0928 e. The van der Waals surface area contributed by atoms with Gasteiger partial charge >= 0.3 is 0 Å². The van der Waals surface area contributed by atoms with Crippen LogP contribution < -0.4 is 0 Å². The van der Waals surface area contributed by atoms with E-state index < -0.39 is 0 Å². The van der Waals surface area contributed by atoms with Gasteiger partial charge in [-0.2, -0.15) is 0 Å². The zero-order valence-corrected chi connectivity index (χ0v) is 13.1. The molecule has 19 heavy (non-hydrogen) atoms. The fraction of sp³-hybridized carbons (Fsp3) is 0.412. The molecule has 3 rings (SSSR count). The molecule has 0 radical (unpaired) electrons. The number of halogens is 1. The van der Waals surface area contributed by atoms with E-state index in [0.717, 1.165) is 0 Å². The number of hydrogen-bond acceptors (Lipinski definition) is 1. The van der Waals surface area contributed by atoms with Gasteiger partial charge in [0.2, 0.25) is 0 Å². The summed E-state index contributed by atoms with van der Waals surface area (Å²) in [5.74, 6) is 0. The van der Waals surface area contributed by atoms with E-state index in [-0.39, 0.29) is 5.38 Å². The van der Waals surface area contributed by atoms with E-state index in [2.05, 4.69) is 38.1 Å². The second-order valence-electron chi connectivity index (χ2n) is 5.51. The molecule has 0 amide bonds. The summed E-state index contributed by atoms with van der Waals surface area (Å²) in [6, 6.07) is 8.91. The van der Waals surface area contributed by atoms with Gasteiger partial charge in [0.25, 0.3) is 0 Å². The van der Waals surface area contributed by atoms with Crippen molar-refractivity contribution >= 4 is 22.9 Å². The van der Waals surface area contributed by atoms with Crippen molar-refractivity contribution in [1.82, 2.24) is 0 Å². The Balaban J connectivity index is 1.92. The number of alkyl halides is 1. The lowest BCUT2D eigenvalue weighted by Crippen LogP contribution is -1.96. The van der Waals surface area contributed by atoms with Crippen molar-refractivity contribution in [3.8, 4) is 0 Å². The van der Waals surface area contributed by atoms with Crippen molar-refractivity contribution in [3.05, 3.63) is 56.3 Å². The quantitative estimate of drug-likeness (QED) is 0.634. The molecule has 1 heterocycles. The molecule has 100 valence electrons. The van der Waals surface area contributed by atoms with E-state index >= 15 is 0 Å². The van der Waals surface area contributed by atoms with Crippen LogP contribution in [0.25, 0.3) is 0 Å². The first kappa shape index (κ1) is 13.2. The second-order valence-corrected chi connectivity index (χ2v) is 7.12. The van der Waals surface area contributed by atoms with Crippen molar-refractivity contribution in [3.63, 3.8) is 0 Å². The molecule has 0 saturated heterocycles. The van der Waals surface area contributed by atoms with Crippen LogP contribution in [0.15, 0.2) is 24.3 Å². The Hall–Kier alpha value is -0.790. The summed E-state index contributed by atoms with van der Waals surface area (Å²) in [5.41, 5.74) is 5.42. The SMILES string of the molecule is Cc1ccc(C(Cl)c2cc3c(s2)CCCC3)cc1C. The molecule has 0 N–H and O–H groups in total. The van der Waals surface area contributed by atoms with Crippen LogP contribution in [0.1, 0.15) is 50.2 Å². The minimum Gasteiger partial charge on any atom is -0.143 e. The summed E-state index contributed by atoms with van der Waals surface area (Å²) in [7, 11) is 0. The minimum atomic E-state index is 0.00917. The first-order valence-electron chi connectivity index (χ1n) is 6.98. The molecular formula is C17H19ClS. The molecule has 1 aliphatic carbocycles. The Morgan fingerprint density at radius 1 is 1.05 bits per heavy atom. The zero-order valence-electron chi connectivity index (χ0n) is 11.5. The largest absolute Gasteiger partial charge is 0.143 e. The van der Waals surface area contributed by atoms with Crippen LogP contribution in [0.4, 0.5) is 0 Å². The summed E-state index contributed by atoms with van der Waals surface area (Å²) in [5, 5.41) is 0.00917. The normalized spacial score (nSPS) is 16.2. The number of rotatable bonds is 2. The minimum absolute atomic E-state index is 0.00917. The van der Waals surface area contributed by atoms with Gasteiger partial charge in [-0.1, -0.05) is 18.2 Å². The van der Waals surface area contributed by atoms with Crippen LogP contribution in [0, 0.1) is 13.8 Å². The topological polar surface area (TPSA) is 0 Å². The lowest BCUT2D eigenvalue weighted by Gasteiger charge is -2.10. The van der Waals surface area contributed by atoms with Gasteiger partial charge in [-0.05, 0) is 67.9 Å². The summed E-state index contributed by atoms with van der Waals surface area (Å²) < 4.78 is 0. The van der Waals surface area contributed by atoms with Gasteiger partial charge in [-0.25, -0.2) is 0 Å². The maximum absolute atomic E-state index is 6.69. The molecular weight excluding hydrogens is 272 g/mol. The molecule has 2 aromatic rings. The van der Waals surface area contributed by atoms with E-state index in [0.29, 0.717) is 0 Å². The number of aryl methyl sites for hydroxylation is 4. The highest BCUT2D eigenvalue weighted by Gasteiger charge is 2.19. The van der Waals surface area contributed by atoms with Gasteiger partial charge in [0, 0.05) is 9.75 Å². The van der Waals surface area contributed by atoms with Gasteiger partial charge in [0.15, 0.2) is 0 Å². The molecule has 0 bridgehead atoms. The maximum Gasteiger partial charge on any atom is 0.0928 e. The summed E-state index contributed by atoms with van der Waals surface area (Å²) in [6.07, 6.45) is 5.15. The molecule has 1 aliphatic rings. The molecule has 2 heteroatoms. The predicted molar refractivity (Wildman–Crippen MR) is 84.6 cm³/mol. The van der Waals surface area contributed by atoms with E-state index in [1.165, 1.54) is 47.3 Å². The van der Waals surface area contributed by atoms with Crippen molar-refractivity contribution in [2.75, 3.05) is 0 Å². The van der Waals surface area contributed by atoms with Crippen LogP contribution in [0.2, 0.25) is 0 Å². The summed E-state index contributed by atoms with van der Waals surface area (Å²) >= 11 is 8.60. The fourth-order valence-electron chi connectivity index (χ4n) is 2.73. The van der Waals surface area contributed by atoms with Crippen molar-refractivity contribution in [2.45, 2.75) is 44.9 Å². The average Bonchev–Trinajstić information content (AvgIpc) is 2.85. The number of thiophene rings is 1. The lowest BCUT2D eigenvalue weighted by molar-refractivity contribution is 0.697. The highest BCUT2D eigenvalue weighted by Crippen LogP contribution is 2.38. The number of benzene rings is 1. The Labute approximate surface area is 124 Å². The lowest BCUT2D eigenvalue weighted by atomic mass is 9.98. The Morgan fingerprint density at radius 2 is 1.84 bits per heavy atom. The highest BCUT2D eigenvalue weighted by molar-refractivity contribution is 7.12. The Bertz CT molecular complexity index is 574. The third-order valence-corrected chi connectivity index (χ3v) is 6.01. The average molecular weight is 291 g/mol. The van der Waals surface area contributed by atoms with Crippen LogP contribution in [0.5, 0.6) is 0 Å². The third kappa shape index (κ3) is 2.59. The van der Waals surface area contributed by atoms with Crippen LogP contribution in [-0.4, -0.2) is 0 Å². The van der Waals surface area contributed by atoms with Crippen LogP contribution >= 0.6 is 22.9 Å². The van der Waals surface area contributed by atoms with Gasteiger partial charge in [-0.15, -0.1) is 22.9 Å². The van der Waals surface area contributed by atoms with E-state index in [9.17, 15) is 0 Å². The first-order valence-corrected chi connectivity index (χ1v) is 8.23. The maximum atomic E-state index is 6.69. The molecule has 0 aliphatic heterocycles. The molecule has 1 unspecified atom stereocenters. The Kier molecular flexibility index (Phi) is 3.68. The summed E-state index contributed by atoms with van der Waals surface area (Å²) in [4.78, 5) is 2.88. The van der Waals surface area contributed by atoms with Gasteiger partial charge < -0.3 is 0 Å². The highest BCUT2D eigenvalue weighted by atomic mass is 35.5. The molecule has 0 spiro atoms. The van der Waals surface area contributed by atoms with Gasteiger partial charge in [-0.3, -0.25) is 0 Å². The standard InChI is InChI=1S/C17H19ClS/c1-11-7-8-14(9-12(11)2)17(18)16-10-13-5-3-4-6-15(13)19-16/h7-10,17H,3-6H2,1-2H3. The van der Waals surface area contributed by atoms with E-state index in [4.69, 9.17) is 11.6 Å². The van der Waals surface area contributed by atoms with Gasteiger partial charge in [0.05, 0.1) is 5.38 Å². The molecule has 0 nitrogen and oxygen atoms in total.